The van der Waals surface area contributed by atoms with Gasteiger partial charge in [0.2, 0.25) is 0 Å². The van der Waals surface area contributed by atoms with Crippen LogP contribution in [0.25, 0.3) is 0 Å². The molecule has 0 heterocycles. The Kier molecular flexibility index (Phi) is 7.62. The molecule has 0 bridgehead atoms. The van der Waals surface area contributed by atoms with Crippen LogP contribution in [-0.4, -0.2) is 13.1 Å². The minimum atomic E-state index is 0.813. The minimum absolute atomic E-state index is 0.813. The van der Waals surface area contributed by atoms with Crippen LogP contribution >= 0.6 is 11.6 Å². The molecular formula is C10H20ClN. The van der Waals surface area contributed by atoms with Gasteiger partial charge in [0.1, 0.15) is 0 Å². The van der Waals surface area contributed by atoms with Crippen LogP contribution in [-0.2, 0) is 0 Å². The fraction of sp³-hybridized carbons (Fsp3) is 0.800. The molecule has 0 unspecified atom stereocenters. The summed E-state index contributed by atoms with van der Waals surface area (Å²) in [5.41, 5.74) is 2.84. The molecule has 12 heavy (non-hydrogen) atoms. The van der Waals surface area contributed by atoms with Gasteiger partial charge in [-0.3, -0.25) is 0 Å². The molecule has 1 N–H and O–H groups in total. The third kappa shape index (κ3) is 5.62. The predicted octanol–water partition coefficient (Wildman–Crippen LogP) is 3.15. The smallest absolute Gasteiger partial charge is 0.0173 e. The Bertz CT molecular complexity index is 128. The summed E-state index contributed by atoms with van der Waals surface area (Å²) in [6.07, 6.45) is 2.51. The van der Waals surface area contributed by atoms with Gasteiger partial charge in [-0.1, -0.05) is 38.3 Å². The molecule has 0 aliphatic heterocycles. The van der Waals surface area contributed by atoms with Crippen molar-refractivity contribution in [2.24, 2.45) is 5.92 Å². The second kappa shape index (κ2) is 7.63. The molecule has 0 saturated carbocycles. The van der Waals surface area contributed by atoms with Crippen molar-refractivity contribution >= 4 is 11.6 Å². The molecule has 0 aliphatic carbocycles. The summed E-state index contributed by atoms with van der Waals surface area (Å²) in [4.78, 5) is 0. The first-order valence-electron chi connectivity index (χ1n) is 4.71. The molecule has 0 aromatic rings. The van der Waals surface area contributed by atoms with E-state index in [0.717, 1.165) is 19.0 Å². The molecule has 0 fully saturated rings. The third-order valence-corrected chi connectivity index (χ3v) is 2.55. The Balaban J connectivity index is 3.41. The maximum Gasteiger partial charge on any atom is 0.0173 e. The van der Waals surface area contributed by atoms with Gasteiger partial charge in [0.15, 0.2) is 0 Å². The summed E-state index contributed by atoms with van der Waals surface area (Å²) in [6, 6.07) is 0. The van der Waals surface area contributed by atoms with E-state index in [1.54, 1.807) is 5.54 Å². The largest absolute Gasteiger partial charge is 0.313 e. The normalized spacial score (nSPS) is 12.6. The van der Waals surface area contributed by atoms with Gasteiger partial charge in [-0.2, -0.15) is 0 Å². The first-order chi connectivity index (χ1) is 5.74. The summed E-state index contributed by atoms with van der Waals surface area (Å²) >= 11 is 5.53. The molecule has 2 heteroatoms. The fourth-order valence-corrected chi connectivity index (χ4v) is 1.17. The number of hydrogen-bond acceptors (Lipinski definition) is 1. The highest BCUT2D eigenvalue weighted by atomic mass is 35.5. The highest BCUT2D eigenvalue weighted by Crippen LogP contribution is 2.05. The van der Waals surface area contributed by atoms with Crippen LogP contribution < -0.4 is 5.32 Å². The van der Waals surface area contributed by atoms with Crippen molar-refractivity contribution in [2.45, 2.75) is 33.6 Å². The standard InChI is InChI=1S/C10H20ClN/c1-4-10(5-2)8-12-7-9(3)6-11/h6,10,12H,4-5,7-8H2,1-3H3. The molecule has 0 rings (SSSR count). The zero-order valence-electron chi connectivity index (χ0n) is 8.36. The lowest BCUT2D eigenvalue weighted by Gasteiger charge is -2.12. The van der Waals surface area contributed by atoms with E-state index in [1.165, 1.54) is 18.4 Å². The van der Waals surface area contributed by atoms with E-state index in [2.05, 4.69) is 19.2 Å². The van der Waals surface area contributed by atoms with Gasteiger partial charge in [0, 0.05) is 12.1 Å². The van der Waals surface area contributed by atoms with Gasteiger partial charge in [0.25, 0.3) is 0 Å². The second-order valence-corrected chi connectivity index (χ2v) is 3.49. The molecule has 0 amide bonds. The number of nitrogens with one attached hydrogen (secondary N) is 1. The fourth-order valence-electron chi connectivity index (χ4n) is 1.09. The minimum Gasteiger partial charge on any atom is -0.313 e. The van der Waals surface area contributed by atoms with Crippen LogP contribution in [0.3, 0.4) is 0 Å². The molecule has 0 aromatic heterocycles. The highest BCUT2D eigenvalue weighted by Gasteiger charge is 2.01. The van der Waals surface area contributed by atoms with Crippen molar-refractivity contribution in [1.82, 2.24) is 5.32 Å². The second-order valence-electron chi connectivity index (χ2n) is 3.27. The Morgan fingerprint density at radius 2 is 2.00 bits per heavy atom. The Morgan fingerprint density at radius 3 is 2.42 bits per heavy atom. The summed E-state index contributed by atoms with van der Waals surface area (Å²) in [5.74, 6) is 0.813. The van der Waals surface area contributed by atoms with Crippen molar-refractivity contribution in [2.75, 3.05) is 13.1 Å². The van der Waals surface area contributed by atoms with Crippen molar-refractivity contribution < 1.29 is 0 Å². The van der Waals surface area contributed by atoms with Gasteiger partial charge in [-0.25, -0.2) is 0 Å². The van der Waals surface area contributed by atoms with Crippen LogP contribution in [0.15, 0.2) is 11.1 Å². The lowest BCUT2D eigenvalue weighted by Crippen LogP contribution is -2.23. The van der Waals surface area contributed by atoms with E-state index in [1.807, 2.05) is 6.92 Å². The van der Waals surface area contributed by atoms with E-state index >= 15 is 0 Å². The van der Waals surface area contributed by atoms with E-state index in [0.29, 0.717) is 0 Å². The molecule has 0 aromatic carbocycles. The van der Waals surface area contributed by atoms with Gasteiger partial charge in [-0.15, -0.1) is 0 Å². The lowest BCUT2D eigenvalue weighted by molar-refractivity contribution is 0.459. The van der Waals surface area contributed by atoms with Crippen LogP contribution in [0.5, 0.6) is 0 Å². The molecule has 0 spiro atoms. The maximum atomic E-state index is 5.53. The summed E-state index contributed by atoms with van der Waals surface area (Å²) in [7, 11) is 0. The molecule has 0 radical (unpaired) electrons. The Labute approximate surface area is 81.2 Å². The van der Waals surface area contributed by atoms with Crippen LogP contribution in [0.4, 0.5) is 0 Å². The predicted molar refractivity (Wildman–Crippen MR) is 56.6 cm³/mol. The Hall–Kier alpha value is -0.0100. The van der Waals surface area contributed by atoms with Gasteiger partial charge in [-0.05, 0) is 25.0 Å². The van der Waals surface area contributed by atoms with Crippen molar-refractivity contribution in [1.29, 1.82) is 0 Å². The number of halogens is 1. The highest BCUT2D eigenvalue weighted by molar-refractivity contribution is 6.25. The molecule has 72 valence electrons. The lowest BCUT2D eigenvalue weighted by atomic mass is 10.0. The van der Waals surface area contributed by atoms with Crippen LogP contribution in [0, 0.1) is 5.92 Å². The van der Waals surface area contributed by atoms with E-state index < -0.39 is 0 Å². The first-order valence-corrected chi connectivity index (χ1v) is 5.14. The summed E-state index contributed by atoms with van der Waals surface area (Å²) < 4.78 is 0. The first kappa shape index (κ1) is 12.0. The van der Waals surface area contributed by atoms with Gasteiger partial charge >= 0.3 is 0 Å². The summed E-state index contributed by atoms with van der Waals surface area (Å²) in [6.45, 7) is 8.53. The van der Waals surface area contributed by atoms with E-state index in [4.69, 9.17) is 11.6 Å². The average molecular weight is 190 g/mol. The monoisotopic (exact) mass is 189 g/mol. The SMILES string of the molecule is CCC(CC)CNCC(C)=CCl. The van der Waals surface area contributed by atoms with Crippen LogP contribution in [0.2, 0.25) is 0 Å². The summed E-state index contributed by atoms with van der Waals surface area (Å²) in [5, 5.41) is 3.39. The molecular weight excluding hydrogens is 170 g/mol. The number of rotatable bonds is 6. The zero-order chi connectivity index (χ0) is 9.40. The molecule has 0 aliphatic rings. The molecule has 0 saturated heterocycles. The molecule has 1 nitrogen and oxygen atoms in total. The number of hydrogen-bond donors (Lipinski definition) is 1. The maximum absolute atomic E-state index is 5.53. The van der Waals surface area contributed by atoms with Crippen molar-refractivity contribution in [3.63, 3.8) is 0 Å². The third-order valence-electron chi connectivity index (χ3n) is 2.18. The van der Waals surface area contributed by atoms with Crippen molar-refractivity contribution in [3.05, 3.63) is 11.1 Å². The molecule has 0 atom stereocenters. The topological polar surface area (TPSA) is 12.0 Å². The quantitative estimate of drug-likeness (QED) is 0.677. The van der Waals surface area contributed by atoms with Gasteiger partial charge < -0.3 is 5.32 Å². The Morgan fingerprint density at radius 1 is 1.42 bits per heavy atom. The van der Waals surface area contributed by atoms with Gasteiger partial charge in [0.05, 0.1) is 0 Å². The van der Waals surface area contributed by atoms with E-state index in [9.17, 15) is 0 Å². The average Bonchev–Trinajstić information content (AvgIpc) is 2.12. The van der Waals surface area contributed by atoms with E-state index in [-0.39, 0.29) is 0 Å². The zero-order valence-corrected chi connectivity index (χ0v) is 9.12. The van der Waals surface area contributed by atoms with Crippen molar-refractivity contribution in [3.8, 4) is 0 Å². The van der Waals surface area contributed by atoms with Crippen LogP contribution in [0.1, 0.15) is 33.6 Å².